The van der Waals surface area contributed by atoms with Crippen molar-refractivity contribution in [3.05, 3.63) is 35.5 Å². The van der Waals surface area contributed by atoms with Crippen molar-refractivity contribution in [2.24, 2.45) is 0 Å². The van der Waals surface area contributed by atoms with E-state index in [4.69, 9.17) is 4.52 Å². The van der Waals surface area contributed by atoms with E-state index in [-0.39, 0.29) is 0 Å². The zero-order valence-corrected chi connectivity index (χ0v) is 7.74. The van der Waals surface area contributed by atoms with Gasteiger partial charge in [0.05, 0.1) is 0 Å². The van der Waals surface area contributed by atoms with Gasteiger partial charge in [-0.1, -0.05) is 22.9 Å². The number of benzene rings is 1. The highest BCUT2D eigenvalue weighted by molar-refractivity contribution is 5.85. The van der Waals surface area contributed by atoms with Crippen LogP contribution in [0.2, 0.25) is 0 Å². The molecule has 1 aromatic heterocycles. The standard InChI is InChI=1S/C11H11NO/c1-3-4-10-9-7-8(2)5-6-11(9)13-12-10/h3-7H,1-2H3. The molecule has 0 saturated heterocycles. The summed E-state index contributed by atoms with van der Waals surface area (Å²) in [4.78, 5) is 0. The number of aromatic nitrogens is 1. The Morgan fingerprint density at radius 2 is 2.23 bits per heavy atom. The van der Waals surface area contributed by atoms with Crippen LogP contribution in [0.4, 0.5) is 0 Å². The first kappa shape index (κ1) is 8.05. The van der Waals surface area contributed by atoms with Gasteiger partial charge >= 0.3 is 0 Å². The van der Waals surface area contributed by atoms with E-state index < -0.39 is 0 Å². The van der Waals surface area contributed by atoms with Crippen LogP contribution in [-0.4, -0.2) is 5.16 Å². The summed E-state index contributed by atoms with van der Waals surface area (Å²) in [6.07, 6.45) is 3.91. The lowest BCUT2D eigenvalue weighted by Crippen LogP contribution is -1.73. The molecular formula is C11H11NO. The van der Waals surface area contributed by atoms with E-state index in [2.05, 4.69) is 18.1 Å². The fourth-order valence-electron chi connectivity index (χ4n) is 1.35. The van der Waals surface area contributed by atoms with Crippen LogP contribution >= 0.6 is 0 Å². The van der Waals surface area contributed by atoms with Crippen molar-refractivity contribution in [2.45, 2.75) is 13.8 Å². The van der Waals surface area contributed by atoms with E-state index >= 15 is 0 Å². The number of allylic oxidation sites excluding steroid dienone is 1. The molecule has 13 heavy (non-hydrogen) atoms. The van der Waals surface area contributed by atoms with Gasteiger partial charge in [0.1, 0.15) is 5.69 Å². The normalized spacial score (nSPS) is 11.5. The molecular weight excluding hydrogens is 162 g/mol. The summed E-state index contributed by atoms with van der Waals surface area (Å²) in [6, 6.07) is 6.05. The van der Waals surface area contributed by atoms with Gasteiger partial charge in [-0.05, 0) is 32.1 Å². The number of rotatable bonds is 1. The minimum absolute atomic E-state index is 0.846. The summed E-state index contributed by atoms with van der Waals surface area (Å²) in [5.74, 6) is 0. The lowest BCUT2D eigenvalue weighted by molar-refractivity contribution is 0.454. The molecule has 0 N–H and O–H groups in total. The highest BCUT2D eigenvalue weighted by Crippen LogP contribution is 2.20. The van der Waals surface area contributed by atoms with Crippen LogP contribution in [0.1, 0.15) is 18.2 Å². The zero-order chi connectivity index (χ0) is 9.26. The maximum Gasteiger partial charge on any atom is 0.167 e. The van der Waals surface area contributed by atoms with Crippen molar-refractivity contribution in [1.82, 2.24) is 5.16 Å². The molecule has 66 valence electrons. The third kappa shape index (κ3) is 1.35. The van der Waals surface area contributed by atoms with Gasteiger partial charge < -0.3 is 4.52 Å². The SMILES string of the molecule is CC=Cc1noc2ccc(C)cc12. The molecule has 0 amide bonds. The summed E-state index contributed by atoms with van der Waals surface area (Å²) in [6.45, 7) is 4.03. The van der Waals surface area contributed by atoms with Gasteiger partial charge in [0.2, 0.25) is 0 Å². The molecule has 0 aliphatic rings. The molecule has 0 saturated carbocycles. The Morgan fingerprint density at radius 1 is 1.38 bits per heavy atom. The molecule has 0 atom stereocenters. The highest BCUT2D eigenvalue weighted by Gasteiger charge is 2.03. The van der Waals surface area contributed by atoms with Crippen LogP contribution in [0.3, 0.4) is 0 Å². The maximum atomic E-state index is 5.16. The van der Waals surface area contributed by atoms with Gasteiger partial charge in [-0.15, -0.1) is 0 Å². The minimum Gasteiger partial charge on any atom is -0.356 e. The monoisotopic (exact) mass is 173 g/mol. The first-order chi connectivity index (χ1) is 6.31. The second-order valence-electron chi connectivity index (χ2n) is 3.07. The van der Waals surface area contributed by atoms with Crippen LogP contribution in [-0.2, 0) is 0 Å². The summed E-state index contributed by atoms with van der Waals surface area (Å²) in [5, 5.41) is 5.05. The first-order valence-electron chi connectivity index (χ1n) is 4.30. The Kier molecular flexibility index (Phi) is 1.89. The summed E-state index contributed by atoms with van der Waals surface area (Å²) in [7, 11) is 0. The van der Waals surface area contributed by atoms with Gasteiger partial charge in [0.25, 0.3) is 0 Å². The van der Waals surface area contributed by atoms with Gasteiger partial charge in [-0.25, -0.2) is 0 Å². The van der Waals surface area contributed by atoms with Crippen LogP contribution in [0.5, 0.6) is 0 Å². The summed E-state index contributed by atoms with van der Waals surface area (Å²) in [5.41, 5.74) is 2.97. The van der Waals surface area contributed by atoms with E-state index in [1.54, 1.807) is 0 Å². The van der Waals surface area contributed by atoms with E-state index in [0.29, 0.717) is 0 Å². The van der Waals surface area contributed by atoms with Crippen LogP contribution < -0.4 is 0 Å². The van der Waals surface area contributed by atoms with Crippen molar-refractivity contribution in [2.75, 3.05) is 0 Å². The minimum atomic E-state index is 0.846. The zero-order valence-electron chi connectivity index (χ0n) is 7.74. The Hall–Kier alpha value is -1.57. The topological polar surface area (TPSA) is 26.0 Å². The average Bonchev–Trinajstić information content (AvgIpc) is 2.49. The predicted octanol–water partition coefficient (Wildman–Crippen LogP) is 3.17. The predicted molar refractivity (Wildman–Crippen MR) is 53.5 cm³/mol. The van der Waals surface area contributed by atoms with Gasteiger partial charge in [0.15, 0.2) is 5.58 Å². The van der Waals surface area contributed by atoms with Gasteiger partial charge in [-0.3, -0.25) is 0 Å². The average molecular weight is 173 g/mol. The quantitative estimate of drug-likeness (QED) is 0.662. The molecule has 0 radical (unpaired) electrons. The lowest BCUT2D eigenvalue weighted by atomic mass is 10.1. The lowest BCUT2D eigenvalue weighted by Gasteiger charge is -1.90. The Balaban J connectivity index is 2.71. The van der Waals surface area contributed by atoms with Crippen molar-refractivity contribution in [3.63, 3.8) is 0 Å². The fourth-order valence-corrected chi connectivity index (χ4v) is 1.35. The largest absolute Gasteiger partial charge is 0.356 e. The Morgan fingerprint density at radius 3 is 3.00 bits per heavy atom. The van der Waals surface area contributed by atoms with Crippen LogP contribution in [0.15, 0.2) is 28.8 Å². The molecule has 0 fully saturated rings. The molecule has 2 aromatic rings. The molecule has 0 unspecified atom stereocenters. The van der Waals surface area contributed by atoms with E-state index in [1.807, 2.05) is 31.2 Å². The third-order valence-corrected chi connectivity index (χ3v) is 1.98. The van der Waals surface area contributed by atoms with Crippen molar-refractivity contribution in [1.29, 1.82) is 0 Å². The highest BCUT2D eigenvalue weighted by atomic mass is 16.5. The second kappa shape index (κ2) is 3.05. The first-order valence-corrected chi connectivity index (χ1v) is 4.30. The maximum absolute atomic E-state index is 5.16. The fraction of sp³-hybridized carbons (Fsp3) is 0.182. The molecule has 1 aromatic carbocycles. The van der Waals surface area contributed by atoms with E-state index in [0.717, 1.165) is 16.7 Å². The smallest absolute Gasteiger partial charge is 0.167 e. The molecule has 2 nitrogen and oxygen atoms in total. The van der Waals surface area contributed by atoms with Gasteiger partial charge in [0, 0.05) is 5.39 Å². The van der Waals surface area contributed by atoms with E-state index in [9.17, 15) is 0 Å². The molecule has 1 heterocycles. The number of hydrogen-bond donors (Lipinski definition) is 0. The number of aryl methyl sites for hydroxylation is 1. The third-order valence-electron chi connectivity index (χ3n) is 1.98. The van der Waals surface area contributed by atoms with Crippen molar-refractivity contribution >= 4 is 17.0 Å². The van der Waals surface area contributed by atoms with Gasteiger partial charge in [-0.2, -0.15) is 0 Å². The molecule has 2 heteroatoms. The molecule has 0 spiro atoms. The number of fused-ring (bicyclic) bond motifs is 1. The number of hydrogen-bond acceptors (Lipinski definition) is 2. The molecule has 0 aliphatic heterocycles. The molecule has 2 rings (SSSR count). The number of nitrogens with zero attached hydrogens (tertiary/aromatic N) is 1. The summed E-state index contributed by atoms with van der Waals surface area (Å²) < 4.78 is 5.16. The Bertz CT molecular complexity index is 454. The summed E-state index contributed by atoms with van der Waals surface area (Å²) >= 11 is 0. The Labute approximate surface area is 76.8 Å². The van der Waals surface area contributed by atoms with Crippen LogP contribution in [0, 0.1) is 6.92 Å². The van der Waals surface area contributed by atoms with Crippen molar-refractivity contribution < 1.29 is 4.52 Å². The van der Waals surface area contributed by atoms with E-state index in [1.165, 1.54) is 5.56 Å². The second-order valence-corrected chi connectivity index (χ2v) is 3.07. The molecule has 0 bridgehead atoms. The molecule has 0 aliphatic carbocycles. The van der Waals surface area contributed by atoms with Crippen LogP contribution in [0.25, 0.3) is 17.0 Å². The van der Waals surface area contributed by atoms with Crippen molar-refractivity contribution in [3.8, 4) is 0 Å².